The van der Waals surface area contributed by atoms with Gasteiger partial charge in [0, 0.05) is 0 Å². The summed E-state index contributed by atoms with van der Waals surface area (Å²) in [6.45, 7) is 1.94. The normalized spacial score (nSPS) is 22.2. The molecule has 1 aliphatic heterocycles. The molecule has 0 spiro atoms. The molecule has 2 unspecified atom stereocenters. The first-order chi connectivity index (χ1) is 9.04. The second-order valence-corrected chi connectivity index (χ2v) is 4.61. The van der Waals surface area contributed by atoms with Crippen molar-refractivity contribution in [3.05, 3.63) is 24.0 Å². The Morgan fingerprint density at radius 2 is 2.26 bits per heavy atom. The third-order valence-corrected chi connectivity index (χ3v) is 2.95. The number of carboxylic acid groups (broad SMARTS) is 1. The molecule has 2 atom stereocenters. The fourth-order valence-corrected chi connectivity index (χ4v) is 1.98. The molecule has 6 heteroatoms. The molecule has 19 heavy (non-hydrogen) atoms. The van der Waals surface area contributed by atoms with E-state index >= 15 is 0 Å². The third-order valence-electron chi connectivity index (χ3n) is 2.95. The summed E-state index contributed by atoms with van der Waals surface area (Å²) >= 11 is 0. The minimum atomic E-state index is -0.933. The maximum Gasteiger partial charge on any atom is 0.309 e. The van der Waals surface area contributed by atoms with E-state index in [0.717, 1.165) is 12.8 Å². The molecule has 1 aliphatic rings. The van der Waals surface area contributed by atoms with Gasteiger partial charge in [-0.3, -0.25) is 14.6 Å². The Balaban J connectivity index is 1.92. The number of carbonyl (C=O) groups excluding carboxylic acids is 1. The van der Waals surface area contributed by atoms with Crippen molar-refractivity contribution in [3.63, 3.8) is 0 Å². The average Bonchev–Trinajstić information content (AvgIpc) is 2.78. The van der Waals surface area contributed by atoms with Gasteiger partial charge in [0.15, 0.2) is 0 Å². The van der Waals surface area contributed by atoms with E-state index in [0.29, 0.717) is 11.4 Å². The summed E-state index contributed by atoms with van der Waals surface area (Å²) < 4.78 is 5.46. The fraction of sp³-hybridized carbons (Fsp3) is 0.462. The highest BCUT2D eigenvalue weighted by Crippen LogP contribution is 2.20. The number of rotatable bonds is 4. The van der Waals surface area contributed by atoms with Crippen LogP contribution in [0.1, 0.15) is 25.5 Å². The number of carbonyl (C=O) groups is 2. The molecule has 0 radical (unpaired) electrons. The van der Waals surface area contributed by atoms with Crippen molar-refractivity contribution < 1.29 is 19.4 Å². The van der Waals surface area contributed by atoms with Gasteiger partial charge in [-0.25, -0.2) is 0 Å². The van der Waals surface area contributed by atoms with Crippen LogP contribution in [0.3, 0.4) is 0 Å². The SMILES string of the molecule is CC1CCC(C(=O)Nc2ccc(CC(=O)O)nc2)O1. The first-order valence-electron chi connectivity index (χ1n) is 6.17. The topological polar surface area (TPSA) is 88.5 Å². The first-order valence-corrected chi connectivity index (χ1v) is 6.17. The van der Waals surface area contributed by atoms with Crippen LogP contribution in [0.4, 0.5) is 5.69 Å². The molecule has 2 heterocycles. The molecule has 0 aliphatic carbocycles. The van der Waals surface area contributed by atoms with Crippen LogP contribution in [-0.2, 0) is 20.7 Å². The number of hydrogen-bond donors (Lipinski definition) is 2. The van der Waals surface area contributed by atoms with E-state index in [4.69, 9.17) is 9.84 Å². The van der Waals surface area contributed by atoms with Crippen LogP contribution in [-0.4, -0.2) is 34.2 Å². The highest BCUT2D eigenvalue weighted by atomic mass is 16.5. The van der Waals surface area contributed by atoms with Crippen LogP contribution >= 0.6 is 0 Å². The lowest BCUT2D eigenvalue weighted by molar-refractivity contribution is -0.136. The van der Waals surface area contributed by atoms with Gasteiger partial charge in [0.1, 0.15) is 6.10 Å². The van der Waals surface area contributed by atoms with Gasteiger partial charge in [-0.2, -0.15) is 0 Å². The summed E-state index contributed by atoms with van der Waals surface area (Å²) in [6, 6.07) is 3.23. The summed E-state index contributed by atoms with van der Waals surface area (Å²) in [5.74, 6) is -1.12. The van der Waals surface area contributed by atoms with E-state index in [-0.39, 0.29) is 18.4 Å². The lowest BCUT2D eigenvalue weighted by Gasteiger charge is -2.11. The van der Waals surface area contributed by atoms with Crippen molar-refractivity contribution >= 4 is 17.6 Å². The number of carboxylic acids is 1. The molecule has 0 bridgehead atoms. The van der Waals surface area contributed by atoms with Crippen molar-refractivity contribution in [2.75, 3.05) is 5.32 Å². The number of aromatic nitrogens is 1. The minimum absolute atomic E-state index is 0.117. The molecule has 1 fully saturated rings. The highest BCUT2D eigenvalue weighted by Gasteiger charge is 2.28. The Bertz CT molecular complexity index is 472. The predicted octanol–water partition coefficient (Wildman–Crippen LogP) is 1.21. The van der Waals surface area contributed by atoms with Gasteiger partial charge in [-0.1, -0.05) is 0 Å². The average molecular weight is 264 g/mol. The number of nitrogens with zero attached hydrogens (tertiary/aromatic N) is 1. The van der Waals surface area contributed by atoms with E-state index in [1.807, 2.05) is 6.92 Å². The molecule has 1 saturated heterocycles. The summed E-state index contributed by atoms with van der Waals surface area (Å²) in [6.07, 6.45) is 2.64. The van der Waals surface area contributed by atoms with Gasteiger partial charge in [-0.05, 0) is 31.9 Å². The maximum absolute atomic E-state index is 11.9. The summed E-state index contributed by atoms with van der Waals surface area (Å²) in [5, 5.41) is 11.3. The Morgan fingerprint density at radius 3 is 2.79 bits per heavy atom. The zero-order chi connectivity index (χ0) is 13.8. The van der Waals surface area contributed by atoms with Crippen LogP contribution in [0, 0.1) is 0 Å². The van der Waals surface area contributed by atoms with Gasteiger partial charge < -0.3 is 15.2 Å². The number of anilines is 1. The molecule has 1 aromatic heterocycles. The van der Waals surface area contributed by atoms with Crippen molar-refractivity contribution in [2.45, 2.75) is 38.4 Å². The predicted molar refractivity (Wildman–Crippen MR) is 67.8 cm³/mol. The van der Waals surface area contributed by atoms with E-state index in [1.165, 1.54) is 6.20 Å². The molecule has 6 nitrogen and oxygen atoms in total. The number of aliphatic carboxylic acids is 1. The Hall–Kier alpha value is -1.95. The number of hydrogen-bond acceptors (Lipinski definition) is 4. The zero-order valence-electron chi connectivity index (χ0n) is 10.6. The van der Waals surface area contributed by atoms with Gasteiger partial charge in [0.2, 0.25) is 0 Å². The van der Waals surface area contributed by atoms with Gasteiger partial charge in [-0.15, -0.1) is 0 Å². The quantitative estimate of drug-likeness (QED) is 0.853. The van der Waals surface area contributed by atoms with Crippen molar-refractivity contribution in [1.82, 2.24) is 4.98 Å². The van der Waals surface area contributed by atoms with Crippen molar-refractivity contribution in [2.24, 2.45) is 0 Å². The van der Waals surface area contributed by atoms with Crippen molar-refractivity contribution in [3.8, 4) is 0 Å². The molecule has 0 saturated carbocycles. The van der Waals surface area contributed by atoms with Crippen molar-refractivity contribution in [1.29, 1.82) is 0 Å². The Labute approximate surface area is 110 Å². The lowest BCUT2D eigenvalue weighted by atomic mass is 10.2. The molecule has 1 amide bonds. The van der Waals surface area contributed by atoms with E-state index < -0.39 is 12.1 Å². The standard InChI is InChI=1S/C13H16N2O4/c1-8-2-5-11(19-8)13(18)15-10-4-3-9(14-7-10)6-12(16)17/h3-4,7-8,11H,2,5-6H2,1H3,(H,15,18)(H,16,17). The first kappa shape index (κ1) is 13.5. The van der Waals surface area contributed by atoms with Gasteiger partial charge in [0.05, 0.1) is 30.1 Å². The van der Waals surface area contributed by atoms with Crippen LogP contribution in [0.25, 0.3) is 0 Å². The third kappa shape index (κ3) is 3.75. The summed E-state index contributed by atoms with van der Waals surface area (Å²) in [7, 11) is 0. The van der Waals surface area contributed by atoms with E-state index in [2.05, 4.69) is 10.3 Å². The number of ether oxygens (including phenoxy) is 1. The summed E-state index contributed by atoms with van der Waals surface area (Å²) in [4.78, 5) is 26.4. The highest BCUT2D eigenvalue weighted by molar-refractivity contribution is 5.94. The second-order valence-electron chi connectivity index (χ2n) is 4.61. The van der Waals surface area contributed by atoms with Gasteiger partial charge >= 0.3 is 5.97 Å². The maximum atomic E-state index is 11.9. The van der Waals surface area contributed by atoms with Gasteiger partial charge in [0.25, 0.3) is 5.91 Å². The van der Waals surface area contributed by atoms with Crippen LogP contribution in [0.2, 0.25) is 0 Å². The Kier molecular flexibility index (Phi) is 4.11. The van der Waals surface area contributed by atoms with Crippen LogP contribution in [0.15, 0.2) is 18.3 Å². The number of amides is 1. The molecule has 2 N–H and O–H groups in total. The molecule has 2 rings (SSSR count). The smallest absolute Gasteiger partial charge is 0.309 e. The minimum Gasteiger partial charge on any atom is -0.481 e. The Morgan fingerprint density at radius 1 is 1.47 bits per heavy atom. The number of nitrogens with one attached hydrogen (secondary N) is 1. The lowest BCUT2D eigenvalue weighted by Crippen LogP contribution is -2.27. The second kappa shape index (κ2) is 5.79. The molecule has 0 aromatic carbocycles. The molecular formula is C13H16N2O4. The molecule has 102 valence electrons. The fourth-order valence-electron chi connectivity index (χ4n) is 1.98. The van der Waals surface area contributed by atoms with Crippen LogP contribution in [0.5, 0.6) is 0 Å². The monoisotopic (exact) mass is 264 g/mol. The van der Waals surface area contributed by atoms with Crippen LogP contribution < -0.4 is 5.32 Å². The van der Waals surface area contributed by atoms with E-state index in [9.17, 15) is 9.59 Å². The largest absolute Gasteiger partial charge is 0.481 e. The molecule has 1 aromatic rings. The zero-order valence-corrected chi connectivity index (χ0v) is 10.6. The summed E-state index contributed by atoms with van der Waals surface area (Å²) in [5.41, 5.74) is 0.999. The van der Waals surface area contributed by atoms with E-state index in [1.54, 1.807) is 12.1 Å². The molecular weight excluding hydrogens is 248 g/mol. The number of pyridine rings is 1.